The smallest absolute Gasteiger partial charge is 0.255 e. The van der Waals surface area contributed by atoms with Gasteiger partial charge in [-0.15, -0.1) is 0 Å². The van der Waals surface area contributed by atoms with Gasteiger partial charge in [0.2, 0.25) is 10.0 Å². The van der Waals surface area contributed by atoms with Gasteiger partial charge in [0, 0.05) is 19.1 Å². The zero-order valence-corrected chi connectivity index (χ0v) is 18.9. The quantitative estimate of drug-likeness (QED) is 0.739. The summed E-state index contributed by atoms with van der Waals surface area (Å²) < 4.78 is 33.3. The summed E-state index contributed by atoms with van der Waals surface area (Å²) in [7, 11) is -2.11. The molecule has 4 rings (SSSR count). The van der Waals surface area contributed by atoms with Crippen LogP contribution in [0.5, 0.6) is 5.75 Å². The zero-order chi connectivity index (χ0) is 21.3. The van der Waals surface area contributed by atoms with Crippen molar-refractivity contribution in [2.24, 2.45) is 17.8 Å². The Labute approximate surface area is 180 Å². The van der Waals surface area contributed by atoms with E-state index in [4.69, 9.17) is 4.74 Å². The van der Waals surface area contributed by atoms with Crippen LogP contribution in [-0.2, 0) is 10.0 Å². The number of carbonyl (C=O) groups excluding carboxylic acids is 1. The number of hydrogen-bond donors (Lipinski definition) is 1. The van der Waals surface area contributed by atoms with Crippen molar-refractivity contribution < 1.29 is 17.9 Å². The largest absolute Gasteiger partial charge is 0.496 e. The van der Waals surface area contributed by atoms with Gasteiger partial charge in [-0.1, -0.05) is 19.3 Å². The van der Waals surface area contributed by atoms with Gasteiger partial charge in [0.1, 0.15) is 5.75 Å². The molecule has 30 heavy (non-hydrogen) atoms. The van der Waals surface area contributed by atoms with E-state index in [2.05, 4.69) is 12.2 Å². The lowest BCUT2D eigenvalue weighted by molar-refractivity contribution is 0.0912. The molecule has 1 aliphatic heterocycles. The molecule has 0 radical (unpaired) electrons. The van der Waals surface area contributed by atoms with Crippen LogP contribution in [-0.4, -0.2) is 44.9 Å². The van der Waals surface area contributed by atoms with Gasteiger partial charge in [-0.05, 0) is 75.0 Å². The van der Waals surface area contributed by atoms with Gasteiger partial charge in [0.05, 0.1) is 17.6 Å². The minimum Gasteiger partial charge on any atom is -0.496 e. The number of methoxy groups -OCH3 is 1. The average molecular weight is 435 g/mol. The second-order valence-electron chi connectivity index (χ2n) is 9.28. The number of rotatable bonds is 6. The molecule has 0 aromatic heterocycles. The predicted molar refractivity (Wildman–Crippen MR) is 116 cm³/mol. The van der Waals surface area contributed by atoms with E-state index in [1.54, 1.807) is 16.4 Å². The van der Waals surface area contributed by atoms with Gasteiger partial charge < -0.3 is 10.1 Å². The molecule has 2 bridgehead atoms. The lowest BCUT2D eigenvalue weighted by Gasteiger charge is -2.28. The Hall–Kier alpha value is -1.60. The Morgan fingerprint density at radius 1 is 1.13 bits per heavy atom. The fourth-order valence-electron chi connectivity index (χ4n) is 5.75. The second kappa shape index (κ2) is 8.87. The molecule has 4 atom stereocenters. The topological polar surface area (TPSA) is 75.7 Å². The molecule has 2 aliphatic carbocycles. The van der Waals surface area contributed by atoms with Crippen LogP contribution in [0.3, 0.4) is 0 Å². The monoisotopic (exact) mass is 434 g/mol. The van der Waals surface area contributed by atoms with E-state index in [1.807, 2.05) is 0 Å². The summed E-state index contributed by atoms with van der Waals surface area (Å²) in [4.78, 5) is 13.3. The van der Waals surface area contributed by atoms with E-state index >= 15 is 0 Å². The lowest BCUT2D eigenvalue weighted by Crippen LogP contribution is -2.40. The molecule has 1 aromatic rings. The Morgan fingerprint density at radius 2 is 1.87 bits per heavy atom. The molecular weight excluding hydrogens is 400 g/mol. The highest BCUT2D eigenvalue weighted by molar-refractivity contribution is 7.89. The van der Waals surface area contributed by atoms with Crippen molar-refractivity contribution in [3.8, 4) is 5.75 Å². The lowest BCUT2D eigenvalue weighted by atomic mass is 9.84. The van der Waals surface area contributed by atoms with Crippen LogP contribution in [0.1, 0.15) is 68.6 Å². The van der Waals surface area contributed by atoms with Crippen molar-refractivity contribution in [2.75, 3.05) is 20.2 Å². The maximum atomic E-state index is 13.2. The summed E-state index contributed by atoms with van der Waals surface area (Å²) in [6.07, 6.45) is 8.94. The summed E-state index contributed by atoms with van der Waals surface area (Å²) in [5.41, 5.74) is 0.295. The van der Waals surface area contributed by atoms with Crippen molar-refractivity contribution in [1.29, 1.82) is 0 Å². The number of ether oxygens (including phenoxy) is 1. The first kappa shape index (κ1) is 21.6. The molecule has 1 aromatic carbocycles. The maximum absolute atomic E-state index is 13.2. The Balaban J connectivity index is 1.54. The van der Waals surface area contributed by atoms with E-state index in [9.17, 15) is 13.2 Å². The SMILES string of the molecule is COc1ccc(S(=O)(=O)N2CCCCCC2)cc1C(=O)N[C@H](C)[C@H]1C[C@@H]2CC[C@@H]1C2. The first-order valence-corrected chi connectivity index (χ1v) is 12.8. The average Bonchev–Trinajstić information content (AvgIpc) is 3.27. The molecule has 1 amide bonds. The van der Waals surface area contributed by atoms with Gasteiger partial charge >= 0.3 is 0 Å². The normalized spacial score (nSPS) is 28.1. The van der Waals surface area contributed by atoms with Crippen LogP contribution in [0.2, 0.25) is 0 Å². The summed E-state index contributed by atoms with van der Waals surface area (Å²) >= 11 is 0. The first-order chi connectivity index (χ1) is 14.4. The summed E-state index contributed by atoms with van der Waals surface area (Å²) in [6.45, 7) is 3.15. The number of nitrogens with zero attached hydrogens (tertiary/aromatic N) is 1. The van der Waals surface area contributed by atoms with E-state index in [0.717, 1.165) is 31.6 Å². The van der Waals surface area contributed by atoms with Gasteiger partial charge in [-0.2, -0.15) is 4.31 Å². The van der Waals surface area contributed by atoms with Crippen LogP contribution in [0.25, 0.3) is 0 Å². The van der Waals surface area contributed by atoms with E-state index in [1.165, 1.54) is 38.9 Å². The third-order valence-electron chi connectivity index (χ3n) is 7.41. The number of sulfonamides is 1. The minimum atomic E-state index is -3.62. The van der Waals surface area contributed by atoms with Gasteiger partial charge in [0.25, 0.3) is 5.91 Å². The van der Waals surface area contributed by atoms with Crippen molar-refractivity contribution in [1.82, 2.24) is 9.62 Å². The molecule has 166 valence electrons. The highest BCUT2D eigenvalue weighted by Gasteiger charge is 2.42. The van der Waals surface area contributed by atoms with Crippen molar-refractivity contribution in [3.63, 3.8) is 0 Å². The number of amides is 1. The first-order valence-electron chi connectivity index (χ1n) is 11.4. The van der Waals surface area contributed by atoms with Crippen molar-refractivity contribution in [3.05, 3.63) is 23.8 Å². The van der Waals surface area contributed by atoms with Crippen LogP contribution in [0.4, 0.5) is 0 Å². The number of hydrogen-bond acceptors (Lipinski definition) is 4. The summed E-state index contributed by atoms with van der Waals surface area (Å²) in [5, 5.41) is 3.14. The molecular formula is C23H34N2O4S. The zero-order valence-electron chi connectivity index (χ0n) is 18.1. The molecule has 6 nitrogen and oxygen atoms in total. The van der Waals surface area contributed by atoms with E-state index in [-0.39, 0.29) is 16.8 Å². The molecule has 1 N–H and O–H groups in total. The molecule has 3 aliphatic rings. The summed E-state index contributed by atoms with van der Waals surface area (Å²) in [5.74, 6) is 2.19. The molecule has 0 spiro atoms. The maximum Gasteiger partial charge on any atom is 0.255 e. The van der Waals surface area contributed by atoms with Gasteiger partial charge in [-0.25, -0.2) is 8.42 Å². The van der Waals surface area contributed by atoms with Crippen LogP contribution >= 0.6 is 0 Å². The molecule has 1 heterocycles. The third kappa shape index (κ3) is 4.24. The van der Waals surface area contributed by atoms with Crippen LogP contribution < -0.4 is 10.1 Å². The number of carbonyl (C=O) groups is 1. The molecule has 2 saturated carbocycles. The fourth-order valence-corrected chi connectivity index (χ4v) is 7.30. The van der Waals surface area contributed by atoms with E-state index < -0.39 is 10.0 Å². The summed E-state index contributed by atoms with van der Waals surface area (Å²) in [6, 6.07) is 4.71. The second-order valence-corrected chi connectivity index (χ2v) is 11.2. The molecule has 1 saturated heterocycles. The number of fused-ring (bicyclic) bond motifs is 2. The van der Waals surface area contributed by atoms with Crippen molar-refractivity contribution in [2.45, 2.75) is 69.2 Å². The van der Waals surface area contributed by atoms with Gasteiger partial charge in [-0.3, -0.25) is 4.79 Å². The fraction of sp³-hybridized carbons (Fsp3) is 0.696. The molecule has 0 unspecified atom stereocenters. The van der Waals surface area contributed by atoms with Gasteiger partial charge in [0.15, 0.2) is 0 Å². The Bertz CT molecular complexity index is 877. The molecule has 3 fully saturated rings. The van der Waals surface area contributed by atoms with Crippen molar-refractivity contribution >= 4 is 15.9 Å². The third-order valence-corrected chi connectivity index (χ3v) is 9.31. The highest BCUT2D eigenvalue weighted by Crippen LogP contribution is 2.49. The predicted octanol–water partition coefficient (Wildman–Crippen LogP) is 3.81. The van der Waals surface area contributed by atoms with Crippen LogP contribution in [0.15, 0.2) is 23.1 Å². The number of nitrogens with one attached hydrogen (secondary N) is 1. The standard InChI is InChI=1S/C23H34N2O4S/c1-16(20-14-17-7-8-18(20)13-17)24-23(26)21-15-19(9-10-22(21)29-2)30(27,28)25-11-5-3-4-6-12-25/h9-10,15-18,20H,3-8,11-14H2,1-2H3,(H,24,26)/t16-,17-,18-,20-/m1/s1. The minimum absolute atomic E-state index is 0.0726. The molecule has 7 heteroatoms. The Morgan fingerprint density at radius 3 is 2.47 bits per heavy atom. The number of benzene rings is 1. The highest BCUT2D eigenvalue weighted by atomic mass is 32.2. The van der Waals surface area contributed by atoms with E-state index in [0.29, 0.717) is 36.2 Å². The van der Waals surface area contributed by atoms with Crippen LogP contribution in [0, 0.1) is 17.8 Å². The Kier molecular flexibility index (Phi) is 6.39.